The Kier molecular flexibility index (Phi) is 2.96. The summed E-state index contributed by atoms with van der Waals surface area (Å²) in [6, 6.07) is 3.57. The summed E-state index contributed by atoms with van der Waals surface area (Å²) in [4.78, 5) is 0. The monoisotopic (exact) mass is 239 g/mol. The third-order valence-corrected chi connectivity index (χ3v) is 2.67. The number of aliphatic hydroxyl groups is 1. The van der Waals surface area contributed by atoms with Crippen LogP contribution in [0.3, 0.4) is 0 Å². The lowest BCUT2D eigenvalue weighted by molar-refractivity contribution is 0.00304. The molecule has 0 unspecified atom stereocenters. The summed E-state index contributed by atoms with van der Waals surface area (Å²) in [6.45, 7) is 0.832. The molecule has 0 aliphatic carbocycles. The molecule has 90 valence electrons. The number of benzene rings is 1. The molecule has 6 heteroatoms. The Bertz CT molecular complexity index is 457. The van der Waals surface area contributed by atoms with Crippen LogP contribution in [0, 0.1) is 23.0 Å². The molecule has 0 aromatic heterocycles. The van der Waals surface area contributed by atoms with E-state index in [2.05, 4.69) is 10.6 Å². The highest BCUT2D eigenvalue weighted by atomic mass is 19.1. The van der Waals surface area contributed by atoms with Gasteiger partial charge in [-0.1, -0.05) is 0 Å². The van der Waals surface area contributed by atoms with E-state index in [9.17, 15) is 13.9 Å². The van der Waals surface area contributed by atoms with Crippen LogP contribution in [0.15, 0.2) is 12.1 Å². The molecule has 4 nitrogen and oxygen atoms in total. The summed E-state index contributed by atoms with van der Waals surface area (Å²) < 4.78 is 26.9. The summed E-state index contributed by atoms with van der Waals surface area (Å²) in [5, 5.41) is 23.7. The second kappa shape index (κ2) is 4.28. The average molecular weight is 239 g/mol. The lowest BCUT2D eigenvalue weighted by Crippen LogP contribution is -2.63. The van der Waals surface area contributed by atoms with Crippen LogP contribution < -0.4 is 10.6 Å². The van der Waals surface area contributed by atoms with E-state index >= 15 is 0 Å². The summed E-state index contributed by atoms with van der Waals surface area (Å²) in [7, 11) is 0. The van der Waals surface area contributed by atoms with E-state index in [0.717, 1.165) is 12.1 Å². The topological polar surface area (TPSA) is 68.1 Å². The Morgan fingerprint density at radius 3 is 2.41 bits per heavy atom. The van der Waals surface area contributed by atoms with Crippen LogP contribution in [0.1, 0.15) is 5.56 Å². The summed E-state index contributed by atoms with van der Waals surface area (Å²) in [5.41, 5.74) is -1.36. The van der Waals surface area contributed by atoms with Crippen LogP contribution in [0.2, 0.25) is 0 Å². The fourth-order valence-electron chi connectivity index (χ4n) is 1.60. The largest absolute Gasteiger partial charge is 0.385 e. The molecule has 17 heavy (non-hydrogen) atoms. The van der Waals surface area contributed by atoms with Crippen LogP contribution in [0.25, 0.3) is 0 Å². The van der Waals surface area contributed by atoms with Crippen LogP contribution in [0.4, 0.5) is 14.5 Å². The smallest absolute Gasteiger partial charge is 0.150 e. The van der Waals surface area contributed by atoms with Crippen LogP contribution in [-0.2, 0) is 0 Å². The summed E-state index contributed by atoms with van der Waals surface area (Å²) in [5.74, 6) is -1.67. The predicted molar refractivity (Wildman–Crippen MR) is 57.4 cm³/mol. The van der Waals surface area contributed by atoms with Crippen LogP contribution in [-0.4, -0.2) is 30.3 Å². The van der Waals surface area contributed by atoms with Gasteiger partial charge < -0.3 is 15.7 Å². The van der Waals surface area contributed by atoms with Crippen molar-refractivity contribution in [2.75, 3.05) is 25.0 Å². The van der Waals surface area contributed by atoms with Gasteiger partial charge in [-0.15, -0.1) is 0 Å². The second-order valence-corrected chi connectivity index (χ2v) is 4.11. The minimum absolute atomic E-state index is 0.0553. The molecule has 0 radical (unpaired) electrons. The predicted octanol–water partition coefficient (Wildman–Crippen LogP) is 0.583. The van der Waals surface area contributed by atoms with E-state index in [0.29, 0.717) is 13.1 Å². The third kappa shape index (κ3) is 2.35. The molecule has 0 atom stereocenters. The molecular formula is C11H11F2N3O. The molecule has 1 saturated heterocycles. The zero-order chi connectivity index (χ0) is 12.5. The van der Waals surface area contributed by atoms with Crippen molar-refractivity contribution >= 4 is 5.69 Å². The Labute approximate surface area is 96.9 Å². The molecule has 0 saturated carbocycles. The lowest BCUT2D eigenvalue weighted by Gasteiger charge is -2.37. The maximum Gasteiger partial charge on any atom is 0.150 e. The quantitative estimate of drug-likeness (QED) is 0.722. The van der Waals surface area contributed by atoms with Gasteiger partial charge in [0.05, 0.1) is 11.6 Å². The van der Waals surface area contributed by atoms with Gasteiger partial charge in [0.1, 0.15) is 11.3 Å². The molecule has 1 heterocycles. The van der Waals surface area contributed by atoms with Crippen molar-refractivity contribution in [1.82, 2.24) is 5.32 Å². The zero-order valence-corrected chi connectivity index (χ0v) is 8.93. The first-order valence-corrected chi connectivity index (χ1v) is 5.10. The van der Waals surface area contributed by atoms with Crippen molar-refractivity contribution in [3.05, 3.63) is 29.3 Å². The first-order valence-electron chi connectivity index (χ1n) is 5.10. The van der Waals surface area contributed by atoms with E-state index in [1.807, 2.05) is 0 Å². The van der Waals surface area contributed by atoms with Crippen molar-refractivity contribution in [3.63, 3.8) is 0 Å². The SMILES string of the molecule is N#Cc1cc(F)c(NCC2(O)CNC2)c(F)c1. The Hall–Kier alpha value is -1.71. The maximum atomic E-state index is 13.4. The lowest BCUT2D eigenvalue weighted by atomic mass is 9.97. The molecule has 0 spiro atoms. The number of hydrogen-bond acceptors (Lipinski definition) is 4. The highest BCUT2D eigenvalue weighted by Gasteiger charge is 2.34. The second-order valence-electron chi connectivity index (χ2n) is 4.11. The highest BCUT2D eigenvalue weighted by molar-refractivity contribution is 5.50. The van der Waals surface area contributed by atoms with Gasteiger partial charge in [0.2, 0.25) is 0 Å². The van der Waals surface area contributed by atoms with E-state index in [-0.39, 0.29) is 17.8 Å². The minimum Gasteiger partial charge on any atom is -0.385 e. The average Bonchev–Trinajstić information content (AvgIpc) is 2.25. The van der Waals surface area contributed by atoms with Crippen molar-refractivity contribution < 1.29 is 13.9 Å². The van der Waals surface area contributed by atoms with Crippen LogP contribution >= 0.6 is 0 Å². The van der Waals surface area contributed by atoms with Gasteiger partial charge >= 0.3 is 0 Å². The number of hydrogen-bond donors (Lipinski definition) is 3. The van der Waals surface area contributed by atoms with Crippen LogP contribution in [0.5, 0.6) is 0 Å². The standard InChI is InChI=1S/C11H11F2N3O/c12-8-1-7(3-14)2-9(13)10(8)16-6-11(17)4-15-5-11/h1-2,15-17H,4-6H2. The summed E-state index contributed by atoms with van der Waals surface area (Å²) >= 11 is 0. The number of halogens is 2. The van der Waals surface area contributed by atoms with E-state index in [1.165, 1.54) is 0 Å². The molecule has 1 aromatic rings. The Balaban J connectivity index is 2.13. The minimum atomic E-state index is -0.965. The van der Waals surface area contributed by atoms with E-state index < -0.39 is 17.2 Å². The molecule has 1 aliphatic heterocycles. The van der Waals surface area contributed by atoms with Gasteiger partial charge in [-0.05, 0) is 12.1 Å². The molecular weight excluding hydrogens is 228 g/mol. The Morgan fingerprint density at radius 1 is 1.41 bits per heavy atom. The number of nitrogens with one attached hydrogen (secondary N) is 2. The first-order chi connectivity index (χ1) is 8.04. The Morgan fingerprint density at radius 2 is 2.00 bits per heavy atom. The molecule has 2 rings (SSSR count). The molecule has 1 aliphatic rings. The maximum absolute atomic E-state index is 13.4. The van der Waals surface area contributed by atoms with Gasteiger partial charge in [-0.25, -0.2) is 8.78 Å². The number of anilines is 1. The van der Waals surface area contributed by atoms with Gasteiger partial charge in [0, 0.05) is 19.6 Å². The normalized spacial score (nSPS) is 17.1. The highest BCUT2D eigenvalue weighted by Crippen LogP contribution is 2.22. The zero-order valence-electron chi connectivity index (χ0n) is 8.93. The molecule has 1 aromatic carbocycles. The number of rotatable bonds is 3. The van der Waals surface area contributed by atoms with Gasteiger partial charge in [-0.3, -0.25) is 0 Å². The molecule has 0 bridgehead atoms. The number of β-amino-alcohol motifs (C(OH)–C–C–N with tert-alkyl or cyclic N) is 1. The fourth-order valence-corrected chi connectivity index (χ4v) is 1.60. The van der Waals surface area contributed by atoms with Gasteiger partial charge in [0.25, 0.3) is 0 Å². The van der Waals surface area contributed by atoms with Gasteiger partial charge in [-0.2, -0.15) is 5.26 Å². The van der Waals surface area contributed by atoms with Gasteiger partial charge in [0.15, 0.2) is 11.6 Å². The van der Waals surface area contributed by atoms with E-state index in [4.69, 9.17) is 5.26 Å². The molecule has 1 fully saturated rings. The first kappa shape index (κ1) is 11.8. The van der Waals surface area contributed by atoms with Crippen molar-refractivity contribution in [2.24, 2.45) is 0 Å². The summed E-state index contributed by atoms with van der Waals surface area (Å²) in [6.07, 6.45) is 0. The molecule has 3 N–H and O–H groups in total. The number of nitriles is 1. The van der Waals surface area contributed by atoms with Crippen molar-refractivity contribution in [2.45, 2.75) is 5.60 Å². The molecule has 0 amide bonds. The van der Waals surface area contributed by atoms with Crippen molar-refractivity contribution in [3.8, 4) is 6.07 Å². The third-order valence-electron chi connectivity index (χ3n) is 2.67. The fraction of sp³-hybridized carbons (Fsp3) is 0.364. The number of nitrogens with zero attached hydrogens (tertiary/aromatic N) is 1. The van der Waals surface area contributed by atoms with E-state index in [1.54, 1.807) is 6.07 Å². The van der Waals surface area contributed by atoms with Crippen molar-refractivity contribution in [1.29, 1.82) is 5.26 Å².